The molecule has 2 amide bonds. The quantitative estimate of drug-likeness (QED) is 0.770. The topological polar surface area (TPSA) is 67.9 Å². The van der Waals surface area contributed by atoms with Crippen LogP contribution in [0.3, 0.4) is 0 Å². The molecule has 0 radical (unpaired) electrons. The van der Waals surface area contributed by atoms with Crippen LogP contribution in [0.4, 0.5) is 9.59 Å². The van der Waals surface area contributed by atoms with E-state index in [9.17, 15) is 9.59 Å². The predicted molar refractivity (Wildman–Crippen MR) is 119 cm³/mol. The normalized spacial score (nSPS) is 17.8. The van der Waals surface area contributed by atoms with Crippen LogP contribution in [-0.2, 0) is 9.47 Å². The zero-order valence-corrected chi connectivity index (χ0v) is 18.4. The molecule has 1 saturated heterocycles. The molecule has 0 bridgehead atoms. The van der Waals surface area contributed by atoms with Crippen molar-refractivity contribution >= 4 is 12.2 Å². The minimum absolute atomic E-state index is 0.0484. The standard InChI is InChI=1S/C25H30N2O4/c1-25(2,3)31-24(29)27-13-12-17(15-27)14-26-23(28)30-16-22-20-10-6-4-8-18(20)19-9-5-7-11-21(19)22/h4-11,17,22H,12-16H2,1-3H3,(H,26,28). The van der Waals surface area contributed by atoms with Gasteiger partial charge in [0.25, 0.3) is 0 Å². The number of hydrogen-bond acceptors (Lipinski definition) is 4. The number of alkyl carbamates (subject to hydrolysis) is 1. The Labute approximate surface area is 183 Å². The van der Waals surface area contributed by atoms with Crippen LogP contribution in [0.5, 0.6) is 0 Å². The van der Waals surface area contributed by atoms with Gasteiger partial charge in [0.1, 0.15) is 12.2 Å². The van der Waals surface area contributed by atoms with Crippen LogP contribution >= 0.6 is 0 Å². The number of amides is 2. The fourth-order valence-electron chi connectivity index (χ4n) is 4.37. The van der Waals surface area contributed by atoms with Crippen molar-refractivity contribution in [2.75, 3.05) is 26.2 Å². The lowest BCUT2D eigenvalue weighted by molar-refractivity contribution is 0.0288. The average Bonchev–Trinajstić information content (AvgIpc) is 3.33. The van der Waals surface area contributed by atoms with E-state index in [1.807, 2.05) is 45.0 Å². The maximum Gasteiger partial charge on any atom is 0.410 e. The molecule has 164 valence electrons. The van der Waals surface area contributed by atoms with E-state index in [-0.39, 0.29) is 17.9 Å². The molecule has 1 aliphatic carbocycles. The summed E-state index contributed by atoms with van der Waals surface area (Å²) in [5.74, 6) is 0.250. The fraction of sp³-hybridized carbons (Fsp3) is 0.440. The first-order valence-electron chi connectivity index (χ1n) is 10.9. The first-order valence-corrected chi connectivity index (χ1v) is 10.9. The van der Waals surface area contributed by atoms with Crippen molar-refractivity contribution in [3.05, 3.63) is 59.7 Å². The minimum atomic E-state index is -0.505. The van der Waals surface area contributed by atoms with E-state index in [4.69, 9.17) is 9.47 Å². The van der Waals surface area contributed by atoms with Gasteiger partial charge >= 0.3 is 12.2 Å². The molecule has 1 fully saturated rings. The number of carbonyl (C=O) groups excluding carboxylic acids is 2. The highest BCUT2D eigenvalue weighted by Gasteiger charge is 2.31. The van der Waals surface area contributed by atoms with Crippen molar-refractivity contribution in [1.29, 1.82) is 0 Å². The lowest BCUT2D eigenvalue weighted by Gasteiger charge is -2.24. The van der Waals surface area contributed by atoms with Gasteiger partial charge in [0.05, 0.1) is 0 Å². The molecule has 0 spiro atoms. The molecule has 2 aromatic rings. The second-order valence-electron chi connectivity index (χ2n) is 9.29. The summed E-state index contributed by atoms with van der Waals surface area (Å²) in [6, 6.07) is 16.6. The van der Waals surface area contributed by atoms with Crippen LogP contribution in [-0.4, -0.2) is 48.9 Å². The molecule has 2 aromatic carbocycles. The molecule has 4 rings (SSSR count). The van der Waals surface area contributed by atoms with Gasteiger partial charge < -0.3 is 19.7 Å². The Hall–Kier alpha value is -3.02. The molecule has 6 nitrogen and oxygen atoms in total. The van der Waals surface area contributed by atoms with Crippen LogP contribution in [0, 0.1) is 5.92 Å². The van der Waals surface area contributed by atoms with Crippen LogP contribution in [0.25, 0.3) is 11.1 Å². The van der Waals surface area contributed by atoms with Gasteiger partial charge in [0.15, 0.2) is 0 Å². The van der Waals surface area contributed by atoms with Gasteiger partial charge in [0, 0.05) is 25.6 Å². The second-order valence-corrected chi connectivity index (χ2v) is 9.29. The lowest BCUT2D eigenvalue weighted by atomic mass is 9.98. The average molecular weight is 423 g/mol. The van der Waals surface area contributed by atoms with E-state index >= 15 is 0 Å². The maximum absolute atomic E-state index is 12.3. The molecule has 1 atom stereocenters. The van der Waals surface area contributed by atoms with Crippen molar-refractivity contribution in [3.8, 4) is 11.1 Å². The lowest BCUT2D eigenvalue weighted by Crippen LogP contribution is -2.36. The largest absolute Gasteiger partial charge is 0.449 e. The minimum Gasteiger partial charge on any atom is -0.449 e. The Bertz CT molecular complexity index is 920. The van der Waals surface area contributed by atoms with Crippen LogP contribution in [0.1, 0.15) is 44.2 Å². The highest BCUT2D eigenvalue weighted by molar-refractivity contribution is 5.79. The third kappa shape index (κ3) is 4.84. The van der Waals surface area contributed by atoms with Crippen molar-refractivity contribution in [1.82, 2.24) is 10.2 Å². The highest BCUT2D eigenvalue weighted by Crippen LogP contribution is 2.44. The fourth-order valence-corrected chi connectivity index (χ4v) is 4.37. The van der Waals surface area contributed by atoms with Gasteiger partial charge in [-0.05, 0) is 55.4 Å². The van der Waals surface area contributed by atoms with E-state index < -0.39 is 11.7 Å². The summed E-state index contributed by atoms with van der Waals surface area (Å²) < 4.78 is 11.0. The molecule has 1 heterocycles. The highest BCUT2D eigenvalue weighted by atomic mass is 16.6. The van der Waals surface area contributed by atoms with E-state index in [2.05, 4.69) is 29.6 Å². The van der Waals surface area contributed by atoms with Gasteiger partial charge in [-0.3, -0.25) is 0 Å². The first kappa shape index (κ1) is 21.2. The Morgan fingerprint density at radius 3 is 2.26 bits per heavy atom. The summed E-state index contributed by atoms with van der Waals surface area (Å²) in [6.45, 7) is 7.58. The van der Waals surface area contributed by atoms with Gasteiger partial charge in [-0.15, -0.1) is 0 Å². The number of benzene rings is 2. The smallest absolute Gasteiger partial charge is 0.410 e. The van der Waals surface area contributed by atoms with Crippen LogP contribution in [0.2, 0.25) is 0 Å². The van der Waals surface area contributed by atoms with E-state index in [0.717, 1.165) is 6.42 Å². The van der Waals surface area contributed by atoms with E-state index in [1.165, 1.54) is 22.3 Å². The van der Waals surface area contributed by atoms with Crippen LogP contribution in [0.15, 0.2) is 48.5 Å². The molecular weight excluding hydrogens is 392 g/mol. The van der Waals surface area contributed by atoms with Crippen LogP contribution < -0.4 is 5.32 Å². The van der Waals surface area contributed by atoms with E-state index in [1.54, 1.807) is 4.90 Å². The SMILES string of the molecule is CC(C)(C)OC(=O)N1CCC(CNC(=O)OCC2c3ccccc3-c3ccccc32)C1. The third-order valence-corrected chi connectivity index (χ3v) is 5.82. The van der Waals surface area contributed by atoms with E-state index in [0.29, 0.717) is 26.2 Å². The number of likely N-dealkylation sites (tertiary alicyclic amines) is 1. The monoisotopic (exact) mass is 422 g/mol. The molecule has 1 unspecified atom stereocenters. The Morgan fingerprint density at radius 1 is 1.03 bits per heavy atom. The zero-order valence-electron chi connectivity index (χ0n) is 18.4. The summed E-state index contributed by atoms with van der Waals surface area (Å²) in [5, 5.41) is 2.86. The zero-order chi connectivity index (χ0) is 22.0. The number of ether oxygens (including phenoxy) is 2. The molecule has 6 heteroatoms. The van der Waals surface area contributed by atoms with Gasteiger partial charge in [0.2, 0.25) is 0 Å². The predicted octanol–water partition coefficient (Wildman–Crippen LogP) is 4.78. The molecule has 1 aliphatic heterocycles. The first-order chi connectivity index (χ1) is 14.8. The number of nitrogens with zero attached hydrogens (tertiary/aromatic N) is 1. The molecule has 2 aliphatic rings. The molecule has 0 aromatic heterocycles. The van der Waals surface area contributed by atoms with Crippen molar-refractivity contribution in [2.24, 2.45) is 5.92 Å². The summed E-state index contributed by atoms with van der Waals surface area (Å²) in [4.78, 5) is 26.2. The number of rotatable bonds is 4. The van der Waals surface area contributed by atoms with Crippen molar-refractivity contribution in [3.63, 3.8) is 0 Å². The van der Waals surface area contributed by atoms with Crippen molar-refractivity contribution in [2.45, 2.75) is 38.7 Å². The van der Waals surface area contributed by atoms with Gasteiger partial charge in [-0.25, -0.2) is 9.59 Å². The number of nitrogens with one attached hydrogen (secondary N) is 1. The Kier molecular flexibility index (Phi) is 5.90. The van der Waals surface area contributed by atoms with Crippen molar-refractivity contribution < 1.29 is 19.1 Å². The summed E-state index contributed by atoms with van der Waals surface area (Å²) in [7, 11) is 0. The number of carbonyl (C=O) groups is 2. The summed E-state index contributed by atoms with van der Waals surface area (Å²) in [5.41, 5.74) is 4.30. The number of hydrogen-bond donors (Lipinski definition) is 1. The Morgan fingerprint density at radius 2 is 1.65 bits per heavy atom. The third-order valence-electron chi connectivity index (χ3n) is 5.82. The number of fused-ring (bicyclic) bond motifs is 3. The van der Waals surface area contributed by atoms with Gasteiger partial charge in [-0.2, -0.15) is 0 Å². The summed E-state index contributed by atoms with van der Waals surface area (Å²) in [6.07, 6.45) is 0.122. The second kappa shape index (κ2) is 8.61. The molecule has 0 saturated carbocycles. The molecule has 1 N–H and O–H groups in total. The Balaban J connectivity index is 1.27. The molecular formula is C25H30N2O4. The maximum atomic E-state index is 12.3. The molecule has 31 heavy (non-hydrogen) atoms. The van der Waals surface area contributed by atoms with Gasteiger partial charge in [-0.1, -0.05) is 48.5 Å². The summed E-state index contributed by atoms with van der Waals surface area (Å²) >= 11 is 0.